The summed E-state index contributed by atoms with van der Waals surface area (Å²) in [6, 6.07) is 3.59. The van der Waals surface area contributed by atoms with Crippen molar-refractivity contribution in [2.24, 2.45) is 0 Å². The predicted octanol–water partition coefficient (Wildman–Crippen LogP) is 1.08. The maximum Gasteiger partial charge on any atom is 0.244 e. The Balaban J connectivity index is 2.16. The van der Waals surface area contributed by atoms with Crippen LogP contribution in [0.25, 0.3) is 0 Å². The van der Waals surface area contributed by atoms with Gasteiger partial charge in [-0.25, -0.2) is 13.1 Å². The number of nitrogens with zero attached hydrogens (tertiary/aromatic N) is 3. The zero-order chi connectivity index (χ0) is 13.9. The van der Waals surface area contributed by atoms with E-state index in [0.717, 1.165) is 5.56 Å². The van der Waals surface area contributed by atoms with Crippen molar-refractivity contribution in [3.63, 3.8) is 0 Å². The summed E-state index contributed by atoms with van der Waals surface area (Å²) in [7, 11) is -3.54. The smallest absolute Gasteiger partial charge is 0.244 e. The van der Waals surface area contributed by atoms with Crippen molar-refractivity contribution in [3.8, 4) is 0 Å². The van der Waals surface area contributed by atoms with Crippen molar-refractivity contribution >= 4 is 10.0 Å². The molecule has 0 aliphatic rings. The van der Waals surface area contributed by atoms with Crippen LogP contribution in [0.5, 0.6) is 0 Å². The second kappa shape index (κ2) is 5.50. The molecular formula is C12H16N4O2S. The molecule has 0 saturated carbocycles. The maximum atomic E-state index is 12.2. The second-order valence-electron chi connectivity index (χ2n) is 4.12. The topological polar surface area (TPSA) is 76.9 Å². The molecule has 0 fully saturated rings. The van der Waals surface area contributed by atoms with E-state index in [1.54, 1.807) is 36.3 Å². The molecule has 0 spiro atoms. The van der Waals surface area contributed by atoms with Crippen molar-refractivity contribution in [2.75, 3.05) is 0 Å². The fourth-order valence-corrected chi connectivity index (χ4v) is 2.89. The average Bonchev–Trinajstić information content (AvgIpc) is 2.80. The Hall–Kier alpha value is -1.73. The Morgan fingerprint density at radius 2 is 2.21 bits per heavy atom. The summed E-state index contributed by atoms with van der Waals surface area (Å²) in [6.07, 6.45) is 4.82. The quantitative estimate of drug-likeness (QED) is 0.889. The minimum atomic E-state index is -3.54. The lowest BCUT2D eigenvalue weighted by Crippen LogP contribution is -2.23. The Morgan fingerprint density at radius 3 is 2.79 bits per heavy atom. The first-order valence-electron chi connectivity index (χ1n) is 5.95. The van der Waals surface area contributed by atoms with Crippen LogP contribution in [-0.2, 0) is 23.1 Å². The molecule has 2 aromatic heterocycles. The lowest BCUT2D eigenvalue weighted by Gasteiger charge is -2.05. The zero-order valence-electron chi connectivity index (χ0n) is 10.9. The molecule has 0 aromatic carbocycles. The SMILES string of the molecule is CCn1cc(S(=O)(=O)NCc2cccnc2)c(C)n1. The Morgan fingerprint density at radius 1 is 1.42 bits per heavy atom. The molecule has 2 rings (SSSR count). The molecule has 7 heteroatoms. The first kappa shape index (κ1) is 13.7. The van der Waals surface area contributed by atoms with Crippen LogP contribution in [0, 0.1) is 6.92 Å². The predicted molar refractivity (Wildman–Crippen MR) is 70.9 cm³/mol. The van der Waals surface area contributed by atoms with Crippen molar-refractivity contribution in [2.45, 2.75) is 31.8 Å². The number of aromatic nitrogens is 3. The van der Waals surface area contributed by atoms with Gasteiger partial charge in [-0.2, -0.15) is 5.10 Å². The van der Waals surface area contributed by atoms with Crippen LogP contribution in [-0.4, -0.2) is 23.2 Å². The number of hydrogen-bond donors (Lipinski definition) is 1. The lowest BCUT2D eigenvalue weighted by atomic mass is 10.3. The molecule has 0 atom stereocenters. The van der Waals surface area contributed by atoms with E-state index in [2.05, 4.69) is 14.8 Å². The van der Waals surface area contributed by atoms with Gasteiger partial charge in [0.15, 0.2) is 0 Å². The van der Waals surface area contributed by atoms with Crippen molar-refractivity contribution < 1.29 is 8.42 Å². The van der Waals surface area contributed by atoms with Gasteiger partial charge in [-0.1, -0.05) is 6.07 Å². The number of pyridine rings is 1. The molecule has 0 saturated heterocycles. The Labute approximate surface area is 112 Å². The van der Waals surface area contributed by atoms with Crippen LogP contribution in [0.4, 0.5) is 0 Å². The standard InChI is InChI=1S/C12H16N4O2S/c1-3-16-9-12(10(2)15-16)19(17,18)14-8-11-5-4-6-13-7-11/h4-7,9,14H,3,8H2,1-2H3. The molecule has 6 nitrogen and oxygen atoms in total. The zero-order valence-corrected chi connectivity index (χ0v) is 11.7. The van der Waals surface area contributed by atoms with Gasteiger partial charge in [0.2, 0.25) is 10.0 Å². The normalized spacial score (nSPS) is 11.7. The minimum absolute atomic E-state index is 0.215. The highest BCUT2D eigenvalue weighted by atomic mass is 32.2. The van der Waals surface area contributed by atoms with Crippen molar-refractivity contribution in [1.29, 1.82) is 0 Å². The molecule has 0 amide bonds. The molecule has 0 aliphatic carbocycles. The number of nitrogens with one attached hydrogen (secondary N) is 1. The maximum absolute atomic E-state index is 12.2. The highest BCUT2D eigenvalue weighted by Crippen LogP contribution is 2.13. The number of sulfonamides is 1. The van der Waals surface area contributed by atoms with E-state index in [-0.39, 0.29) is 11.4 Å². The highest BCUT2D eigenvalue weighted by molar-refractivity contribution is 7.89. The van der Waals surface area contributed by atoms with Gasteiger partial charge in [0.05, 0.1) is 5.69 Å². The van der Waals surface area contributed by atoms with Crippen LogP contribution in [0.15, 0.2) is 35.6 Å². The minimum Gasteiger partial charge on any atom is -0.271 e. The fourth-order valence-electron chi connectivity index (χ4n) is 1.68. The third kappa shape index (κ3) is 3.18. The summed E-state index contributed by atoms with van der Waals surface area (Å²) < 4.78 is 28.5. The summed E-state index contributed by atoms with van der Waals surface area (Å²) >= 11 is 0. The lowest BCUT2D eigenvalue weighted by molar-refractivity contribution is 0.580. The molecule has 1 N–H and O–H groups in total. The Bertz CT molecular complexity index is 650. The van der Waals surface area contributed by atoms with Crippen LogP contribution >= 0.6 is 0 Å². The van der Waals surface area contributed by atoms with Gasteiger partial charge in [0, 0.05) is 31.7 Å². The van der Waals surface area contributed by atoms with Crippen LogP contribution in [0.2, 0.25) is 0 Å². The van der Waals surface area contributed by atoms with Crippen LogP contribution in [0.1, 0.15) is 18.2 Å². The number of rotatable bonds is 5. The molecule has 2 heterocycles. The fraction of sp³-hybridized carbons (Fsp3) is 0.333. The van der Waals surface area contributed by atoms with Crippen molar-refractivity contribution in [3.05, 3.63) is 42.0 Å². The average molecular weight is 280 g/mol. The molecule has 0 radical (unpaired) electrons. The first-order valence-corrected chi connectivity index (χ1v) is 7.44. The summed E-state index contributed by atoms with van der Waals surface area (Å²) in [5, 5.41) is 4.14. The largest absolute Gasteiger partial charge is 0.271 e. The molecule has 102 valence electrons. The van der Waals surface area contributed by atoms with Crippen LogP contribution in [0.3, 0.4) is 0 Å². The molecule has 0 aliphatic heterocycles. The first-order chi connectivity index (χ1) is 9.03. The summed E-state index contributed by atoms with van der Waals surface area (Å²) in [6.45, 7) is 4.45. The second-order valence-corrected chi connectivity index (χ2v) is 5.86. The van der Waals surface area contributed by atoms with Gasteiger partial charge in [0.25, 0.3) is 0 Å². The van der Waals surface area contributed by atoms with Gasteiger partial charge in [-0.05, 0) is 25.5 Å². The van der Waals surface area contributed by atoms with E-state index in [0.29, 0.717) is 12.2 Å². The van der Waals surface area contributed by atoms with Gasteiger partial charge >= 0.3 is 0 Å². The third-order valence-corrected chi connectivity index (χ3v) is 4.21. The highest BCUT2D eigenvalue weighted by Gasteiger charge is 2.19. The van der Waals surface area contributed by atoms with Crippen LogP contribution < -0.4 is 4.72 Å². The van der Waals surface area contributed by atoms with E-state index in [4.69, 9.17) is 0 Å². The van der Waals surface area contributed by atoms with Gasteiger partial charge in [-0.15, -0.1) is 0 Å². The number of aryl methyl sites for hydroxylation is 2. The third-order valence-electron chi connectivity index (χ3n) is 2.70. The molecular weight excluding hydrogens is 264 g/mol. The monoisotopic (exact) mass is 280 g/mol. The van der Waals surface area contributed by atoms with Crippen molar-refractivity contribution in [1.82, 2.24) is 19.5 Å². The van der Waals surface area contributed by atoms with Gasteiger partial charge < -0.3 is 0 Å². The molecule has 19 heavy (non-hydrogen) atoms. The Kier molecular flexibility index (Phi) is 3.96. The van der Waals surface area contributed by atoms with E-state index < -0.39 is 10.0 Å². The molecule has 2 aromatic rings. The van der Waals surface area contributed by atoms with E-state index in [1.165, 1.54) is 0 Å². The van der Waals surface area contributed by atoms with E-state index in [9.17, 15) is 8.42 Å². The van der Waals surface area contributed by atoms with Gasteiger partial charge in [-0.3, -0.25) is 9.67 Å². The van der Waals surface area contributed by atoms with E-state index >= 15 is 0 Å². The summed E-state index contributed by atoms with van der Waals surface area (Å²) in [4.78, 5) is 4.16. The number of hydrogen-bond acceptors (Lipinski definition) is 4. The summed E-state index contributed by atoms with van der Waals surface area (Å²) in [5.41, 5.74) is 1.31. The molecule has 0 unspecified atom stereocenters. The summed E-state index contributed by atoms with van der Waals surface area (Å²) in [5.74, 6) is 0. The van der Waals surface area contributed by atoms with E-state index in [1.807, 2.05) is 13.0 Å². The van der Waals surface area contributed by atoms with Gasteiger partial charge in [0.1, 0.15) is 4.90 Å². The molecule has 0 bridgehead atoms.